The van der Waals surface area contributed by atoms with Crippen molar-refractivity contribution in [2.45, 2.75) is 44.7 Å². The molecule has 0 heterocycles. The number of anilines is 1. The Morgan fingerprint density at radius 1 is 0.707 bits per heavy atom. The molecule has 0 radical (unpaired) electrons. The summed E-state index contributed by atoms with van der Waals surface area (Å²) in [7, 11) is 0. The van der Waals surface area contributed by atoms with Crippen LogP contribution in [0.2, 0.25) is 0 Å². The summed E-state index contributed by atoms with van der Waals surface area (Å²) in [6, 6.07) is 7.92. The van der Waals surface area contributed by atoms with Crippen LogP contribution in [0, 0.1) is 5.92 Å². The summed E-state index contributed by atoms with van der Waals surface area (Å²) in [6.07, 6.45) is -14.9. The summed E-state index contributed by atoms with van der Waals surface area (Å²) < 4.78 is 119. The topological polar surface area (TPSA) is 66.4 Å². The van der Waals surface area contributed by atoms with Gasteiger partial charge >= 0.3 is 24.5 Å². The number of halogens is 9. The highest BCUT2D eigenvalue weighted by molar-refractivity contribution is 6.05. The molecule has 2 N–H and O–H groups in total. The average molecular weight is 591 g/mol. The van der Waals surface area contributed by atoms with Gasteiger partial charge in [-0.25, -0.2) is 0 Å². The van der Waals surface area contributed by atoms with Gasteiger partial charge in [0, 0.05) is 11.3 Å². The van der Waals surface area contributed by atoms with Gasteiger partial charge in [0.05, 0.1) is 22.6 Å². The summed E-state index contributed by atoms with van der Waals surface area (Å²) >= 11 is 0. The largest absolute Gasteiger partial charge is 0.481 e. The maximum atomic E-state index is 13.3. The molecule has 0 spiro atoms. The predicted octanol–water partition coefficient (Wildman–Crippen LogP) is 8.88. The van der Waals surface area contributed by atoms with Crippen LogP contribution in [0.3, 0.4) is 0 Å². The van der Waals surface area contributed by atoms with Crippen LogP contribution in [0.5, 0.6) is 0 Å². The molecule has 1 atom stereocenters. The van der Waals surface area contributed by atoms with E-state index in [1.54, 1.807) is 13.8 Å². The standard InChI is InChI=1S/C28H22F9NO3/c1-14(2)7-23(25(40)41)17-8-16(15-3-5-19(6-4-15)26(29,30)31)11-22(12-17)38-24(39)18-9-20(27(32,33)34)13-21(10-18)28(35,36)37/h3-6,8-14,23H,7H2,1-2H3,(H,38,39)(H,40,41). The van der Waals surface area contributed by atoms with Crippen LogP contribution in [0.25, 0.3) is 11.1 Å². The number of carbonyl (C=O) groups is 2. The Hall–Kier alpha value is -4.03. The highest BCUT2D eigenvalue weighted by atomic mass is 19.4. The normalized spacial score (nSPS) is 13.3. The Morgan fingerprint density at radius 3 is 1.66 bits per heavy atom. The van der Waals surface area contributed by atoms with Crippen LogP contribution in [0.4, 0.5) is 45.2 Å². The van der Waals surface area contributed by atoms with E-state index in [4.69, 9.17) is 0 Å². The van der Waals surface area contributed by atoms with E-state index in [1.165, 1.54) is 18.2 Å². The van der Waals surface area contributed by atoms with Crippen molar-refractivity contribution in [1.82, 2.24) is 0 Å². The van der Waals surface area contributed by atoms with Crippen molar-refractivity contribution in [3.05, 3.63) is 88.5 Å². The molecular formula is C28H22F9NO3. The Labute approximate surface area is 227 Å². The minimum absolute atomic E-state index is 0.110. The van der Waals surface area contributed by atoms with Crippen molar-refractivity contribution in [1.29, 1.82) is 0 Å². The third kappa shape index (κ3) is 8.01. The Balaban J connectivity index is 2.12. The van der Waals surface area contributed by atoms with Gasteiger partial charge in [-0.3, -0.25) is 9.59 Å². The van der Waals surface area contributed by atoms with Crippen molar-refractivity contribution >= 4 is 17.6 Å². The number of hydrogen-bond acceptors (Lipinski definition) is 2. The number of alkyl halides is 9. The fourth-order valence-corrected chi connectivity index (χ4v) is 4.08. The van der Waals surface area contributed by atoms with E-state index in [0.717, 1.165) is 24.3 Å². The molecule has 0 aliphatic rings. The molecule has 0 saturated carbocycles. The van der Waals surface area contributed by atoms with E-state index in [1.807, 2.05) is 0 Å². The number of rotatable bonds is 7. The predicted molar refractivity (Wildman–Crippen MR) is 131 cm³/mol. The van der Waals surface area contributed by atoms with E-state index in [0.29, 0.717) is 0 Å². The lowest BCUT2D eigenvalue weighted by Crippen LogP contribution is -2.18. The quantitative estimate of drug-likeness (QED) is 0.270. The second kappa shape index (κ2) is 11.5. The summed E-state index contributed by atoms with van der Waals surface area (Å²) in [5.74, 6) is -3.89. The zero-order chi connectivity index (χ0) is 30.9. The van der Waals surface area contributed by atoms with Crippen molar-refractivity contribution < 1.29 is 54.2 Å². The summed E-state index contributed by atoms with van der Waals surface area (Å²) in [5.41, 5.74) is -5.09. The zero-order valence-corrected chi connectivity index (χ0v) is 21.3. The first-order chi connectivity index (χ1) is 18.8. The number of carboxylic acids is 1. The molecule has 0 aromatic heterocycles. The highest BCUT2D eigenvalue weighted by Gasteiger charge is 2.37. The van der Waals surface area contributed by atoms with Gasteiger partial charge in [0.2, 0.25) is 0 Å². The van der Waals surface area contributed by atoms with Crippen LogP contribution >= 0.6 is 0 Å². The van der Waals surface area contributed by atoms with E-state index < -0.39 is 58.6 Å². The van der Waals surface area contributed by atoms with Crippen molar-refractivity contribution in [2.75, 3.05) is 5.32 Å². The van der Waals surface area contributed by atoms with Gasteiger partial charge in [0.25, 0.3) is 5.91 Å². The van der Waals surface area contributed by atoms with Gasteiger partial charge in [-0.15, -0.1) is 0 Å². The first-order valence-electron chi connectivity index (χ1n) is 11.9. The maximum absolute atomic E-state index is 13.3. The molecule has 3 rings (SSSR count). The number of amides is 1. The molecule has 0 aliphatic carbocycles. The fraction of sp³-hybridized carbons (Fsp3) is 0.286. The van der Waals surface area contributed by atoms with E-state index in [-0.39, 0.29) is 52.9 Å². The molecule has 220 valence electrons. The number of carbonyl (C=O) groups excluding carboxylic acids is 1. The zero-order valence-electron chi connectivity index (χ0n) is 21.3. The van der Waals surface area contributed by atoms with Crippen molar-refractivity contribution in [3.63, 3.8) is 0 Å². The van der Waals surface area contributed by atoms with Crippen LogP contribution in [0.15, 0.2) is 60.7 Å². The van der Waals surface area contributed by atoms with Crippen LogP contribution in [-0.4, -0.2) is 17.0 Å². The molecule has 0 fully saturated rings. The van der Waals surface area contributed by atoms with Gasteiger partial charge in [-0.1, -0.05) is 32.0 Å². The highest BCUT2D eigenvalue weighted by Crippen LogP contribution is 2.38. The van der Waals surface area contributed by atoms with Crippen molar-refractivity contribution in [3.8, 4) is 11.1 Å². The number of nitrogens with one attached hydrogen (secondary N) is 1. The molecule has 3 aromatic rings. The minimum atomic E-state index is -5.20. The first kappa shape index (κ1) is 31.5. The lowest BCUT2D eigenvalue weighted by molar-refractivity contribution is -0.143. The average Bonchev–Trinajstić information content (AvgIpc) is 2.85. The van der Waals surface area contributed by atoms with Gasteiger partial charge < -0.3 is 10.4 Å². The van der Waals surface area contributed by atoms with E-state index in [9.17, 15) is 54.2 Å². The van der Waals surface area contributed by atoms with Crippen LogP contribution in [-0.2, 0) is 23.3 Å². The SMILES string of the molecule is CC(C)CC(C(=O)O)c1cc(NC(=O)c2cc(C(F)(F)F)cc(C(F)(F)F)c2)cc(-c2ccc(C(F)(F)F)cc2)c1. The molecule has 1 amide bonds. The maximum Gasteiger partial charge on any atom is 0.416 e. The fourth-order valence-electron chi connectivity index (χ4n) is 4.08. The smallest absolute Gasteiger partial charge is 0.416 e. The second-order valence-corrected chi connectivity index (χ2v) is 9.69. The molecule has 0 saturated heterocycles. The Kier molecular flexibility index (Phi) is 8.80. The first-order valence-corrected chi connectivity index (χ1v) is 11.9. The molecule has 41 heavy (non-hydrogen) atoms. The van der Waals surface area contributed by atoms with E-state index >= 15 is 0 Å². The van der Waals surface area contributed by atoms with Crippen molar-refractivity contribution in [2.24, 2.45) is 5.92 Å². The molecule has 13 heteroatoms. The number of benzene rings is 3. The third-order valence-corrected chi connectivity index (χ3v) is 6.02. The van der Waals surface area contributed by atoms with Crippen LogP contribution < -0.4 is 5.32 Å². The van der Waals surface area contributed by atoms with Gasteiger partial charge in [-0.05, 0) is 71.5 Å². The summed E-state index contributed by atoms with van der Waals surface area (Å²) in [6.45, 7) is 3.48. The lowest BCUT2D eigenvalue weighted by atomic mass is 9.88. The molecule has 4 nitrogen and oxygen atoms in total. The number of carboxylic acid groups (broad SMARTS) is 1. The summed E-state index contributed by atoms with van der Waals surface area (Å²) in [4.78, 5) is 24.9. The minimum Gasteiger partial charge on any atom is -0.481 e. The monoisotopic (exact) mass is 591 g/mol. The summed E-state index contributed by atoms with van der Waals surface area (Å²) in [5, 5.41) is 12.0. The third-order valence-electron chi connectivity index (χ3n) is 6.02. The van der Waals surface area contributed by atoms with Gasteiger partial charge in [0.1, 0.15) is 0 Å². The van der Waals surface area contributed by atoms with Gasteiger partial charge in [0.15, 0.2) is 0 Å². The second-order valence-electron chi connectivity index (χ2n) is 9.69. The van der Waals surface area contributed by atoms with Gasteiger partial charge in [-0.2, -0.15) is 39.5 Å². The Morgan fingerprint density at radius 2 is 1.22 bits per heavy atom. The van der Waals surface area contributed by atoms with E-state index in [2.05, 4.69) is 5.32 Å². The molecule has 1 unspecified atom stereocenters. The number of hydrogen-bond donors (Lipinski definition) is 2. The molecule has 0 aliphatic heterocycles. The number of aliphatic carboxylic acids is 1. The molecule has 0 bridgehead atoms. The van der Waals surface area contributed by atoms with Crippen LogP contribution in [0.1, 0.15) is 58.8 Å². The molecular weight excluding hydrogens is 569 g/mol. The Bertz CT molecular complexity index is 1390. The lowest BCUT2D eigenvalue weighted by Gasteiger charge is -2.19. The molecule has 3 aromatic carbocycles.